The van der Waals surface area contributed by atoms with Crippen LogP contribution in [0.15, 0.2) is 22.4 Å². The number of hydrogen-bond acceptors (Lipinski definition) is 2. The molecule has 0 aromatic rings. The van der Waals surface area contributed by atoms with Crippen LogP contribution in [0, 0.1) is 0 Å². The maximum atomic E-state index is 8.20. The molecule has 6 nitrogen and oxygen atoms in total. The average Bonchev–Trinajstić information content (AvgIpc) is 2.09. The zero-order chi connectivity index (χ0) is 8.81. The first-order chi connectivity index (χ1) is 5.88. The zero-order valence-corrected chi connectivity index (χ0v) is 6.41. The molecule has 0 aliphatic heterocycles. The van der Waals surface area contributed by atoms with E-state index in [1.807, 2.05) is 6.08 Å². The van der Waals surface area contributed by atoms with E-state index in [4.69, 9.17) is 11.1 Å². The molecule has 2 atom stereocenters. The van der Waals surface area contributed by atoms with Gasteiger partial charge >= 0.3 is 0 Å². The molecule has 6 heteroatoms. The summed E-state index contributed by atoms with van der Waals surface area (Å²) in [4.78, 5) is 5.38. The van der Waals surface area contributed by atoms with E-state index in [1.54, 1.807) is 6.08 Å². The molecule has 0 aromatic heterocycles. The van der Waals surface area contributed by atoms with Crippen molar-refractivity contribution in [2.24, 2.45) is 10.2 Å². The van der Waals surface area contributed by atoms with Crippen molar-refractivity contribution in [2.75, 3.05) is 0 Å². The maximum absolute atomic E-state index is 8.20. The van der Waals surface area contributed by atoms with Gasteiger partial charge in [-0.25, -0.2) is 0 Å². The molecule has 0 bridgehead atoms. The third kappa shape index (κ3) is 1.92. The van der Waals surface area contributed by atoms with E-state index in [2.05, 4.69) is 20.1 Å². The second-order valence-electron chi connectivity index (χ2n) is 2.47. The summed E-state index contributed by atoms with van der Waals surface area (Å²) in [5, 5.41) is 7.06. The highest BCUT2D eigenvalue weighted by Gasteiger charge is 2.18. The fourth-order valence-corrected chi connectivity index (χ4v) is 1.17. The number of rotatable bonds is 2. The van der Waals surface area contributed by atoms with Gasteiger partial charge in [0.2, 0.25) is 0 Å². The lowest BCUT2D eigenvalue weighted by molar-refractivity contribution is 0.537. The molecule has 12 heavy (non-hydrogen) atoms. The molecule has 0 unspecified atom stereocenters. The molecule has 1 rings (SSSR count). The van der Waals surface area contributed by atoms with Crippen molar-refractivity contribution in [3.63, 3.8) is 0 Å². The second-order valence-corrected chi connectivity index (χ2v) is 2.47. The third-order valence-corrected chi connectivity index (χ3v) is 1.74. The van der Waals surface area contributed by atoms with E-state index in [0.717, 1.165) is 12.8 Å². The van der Waals surface area contributed by atoms with E-state index in [-0.39, 0.29) is 12.1 Å². The van der Waals surface area contributed by atoms with Gasteiger partial charge in [-0.15, -0.1) is 0 Å². The Morgan fingerprint density at radius 1 is 1.25 bits per heavy atom. The molecule has 0 heterocycles. The Morgan fingerprint density at radius 3 is 2.67 bits per heavy atom. The van der Waals surface area contributed by atoms with Crippen molar-refractivity contribution < 1.29 is 0 Å². The van der Waals surface area contributed by atoms with Gasteiger partial charge in [-0.05, 0) is 23.9 Å². The van der Waals surface area contributed by atoms with Crippen LogP contribution < -0.4 is 0 Å². The zero-order valence-electron chi connectivity index (χ0n) is 6.41. The fraction of sp³-hybridized carbons (Fsp3) is 0.667. The summed E-state index contributed by atoms with van der Waals surface area (Å²) >= 11 is 0. The van der Waals surface area contributed by atoms with Gasteiger partial charge in [-0.1, -0.05) is 22.4 Å². The molecule has 1 aliphatic carbocycles. The molecule has 0 N–H and O–H groups in total. The highest BCUT2D eigenvalue weighted by molar-refractivity contribution is 5.05. The third-order valence-electron chi connectivity index (χ3n) is 1.74. The van der Waals surface area contributed by atoms with Crippen molar-refractivity contribution in [3.05, 3.63) is 33.0 Å². The quantitative estimate of drug-likeness (QED) is 0.259. The van der Waals surface area contributed by atoms with Crippen LogP contribution in [0.4, 0.5) is 0 Å². The lowest BCUT2D eigenvalue weighted by Gasteiger charge is -2.18. The lowest BCUT2D eigenvalue weighted by Crippen LogP contribution is -2.21. The molecule has 0 fully saturated rings. The number of nitrogens with zero attached hydrogens (tertiary/aromatic N) is 6. The van der Waals surface area contributed by atoms with E-state index < -0.39 is 0 Å². The maximum Gasteiger partial charge on any atom is 0.0639 e. The topological polar surface area (TPSA) is 97.5 Å². The minimum absolute atomic E-state index is 0.212. The van der Waals surface area contributed by atoms with Crippen LogP contribution in [0.5, 0.6) is 0 Å². The average molecular weight is 164 g/mol. The van der Waals surface area contributed by atoms with Crippen LogP contribution in [0.1, 0.15) is 12.8 Å². The van der Waals surface area contributed by atoms with Gasteiger partial charge in [0.1, 0.15) is 0 Å². The van der Waals surface area contributed by atoms with Crippen LogP contribution in [-0.2, 0) is 0 Å². The summed E-state index contributed by atoms with van der Waals surface area (Å²) in [7, 11) is 0. The molecule has 62 valence electrons. The lowest BCUT2D eigenvalue weighted by atomic mass is 9.98. The Kier molecular flexibility index (Phi) is 3.02. The van der Waals surface area contributed by atoms with Crippen molar-refractivity contribution in [1.29, 1.82) is 0 Å². The Balaban J connectivity index is 2.77. The van der Waals surface area contributed by atoms with Crippen LogP contribution in [0.2, 0.25) is 0 Å². The van der Waals surface area contributed by atoms with E-state index in [0.29, 0.717) is 0 Å². The molecule has 0 saturated heterocycles. The summed E-state index contributed by atoms with van der Waals surface area (Å²) in [6, 6.07) is -0.518. The molecule has 0 spiro atoms. The van der Waals surface area contributed by atoms with Crippen LogP contribution in [-0.4, -0.2) is 12.1 Å². The summed E-state index contributed by atoms with van der Waals surface area (Å²) in [6.07, 6.45) is 5.34. The minimum atomic E-state index is -0.306. The van der Waals surface area contributed by atoms with Gasteiger partial charge in [0.15, 0.2) is 0 Å². The van der Waals surface area contributed by atoms with E-state index >= 15 is 0 Å². The summed E-state index contributed by atoms with van der Waals surface area (Å²) in [5.74, 6) is 0. The van der Waals surface area contributed by atoms with Crippen molar-refractivity contribution in [1.82, 2.24) is 0 Å². The number of azide groups is 2. The molecule has 0 saturated carbocycles. The van der Waals surface area contributed by atoms with Gasteiger partial charge < -0.3 is 0 Å². The van der Waals surface area contributed by atoms with Crippen molar-refractivity contribution >= 4 is 0 Å². The smallest absolute Gasteiger partial charge is 0.0639 e. The van der Waals surface area contributed by atoms with Gasteiger partial charge in [-0.3, -0.25) is 0 Å². The Morgan fingerprint density at radius 2 is 2.00 bits per heavy atom. The van der Waals surface area contributed by atoms with Crippen LogP contribution >= 0.6 is 0 Å². The highest BCUT2D eigenvalue weighted by atomic mass is 15.2. The summed E-state index contributed by atoms with van der Waals surface area (Å²) in [6.45, 7) is 0. The summed E-state index contributed by atoms with van der Waals surface area (Å²) in [5.41, 5.74) is 16.4. The molecule has 0 aromatic carbocycles. The Labute approximate surface area is 69.1 Å². The Bertz CT molecular complexity index is 270. The SMILES string of the molecule is [N-]=[N+]=N[C@H]1C=CCC[C@H]1N=[N+]=[N-]. The van der Waals surface area contributed by atoms with E-state index in [9.17, 15) is 0 Å². The monoisotopic (exact) mass is 164 g/mol. The number of hydrogen-bond donors (Lipinski definition) is 0. The molecular formula is C6H8N6. The normalized spacial score (nSPS) is 27.0. The van der Waals surface area contributed by atoms with Crippen LogP contribution in [0.3, 0.4) is 0 Å². The van der Waals surface area contributed by atoms with Crippen molar-refractivity contribution in [2.45, 2.75) is 24.9 Å². The molecule has 0 amide bonds. The molecular weight excluding hydrogens is 156 g/mol. The van der Waals surface area contributed by atoms with Gasteiger partial charge in [-0.2, -0.15) is 0 Å². The van der Waals surface area contributed by atoms with Gasteiger partial charge in [0.05, 0.1) is 6.04 Å². The first-order valence-electron chi connectivity index (χ1n) is 3.63. The fourth-order valence-electron chi connectivity index (χ4n) is 1.17. The van der Waals surface area contributed by atoms with Gasteiger partial charge in [0, 0.05) is 15.9 Å². The molecule has 0 radical (unpaired) electrons. The largest absolute Gasteiger partial charge is 0.0899 e. The van der Waals surface area contributed by atoms with Crippen molar-refractivity contribution in [3.8, 4) is 0 Å². The molecule has 1 aliphatic rings. The van der Waals surface area contributed by atoms with E-state index in [1.165, 1.54) is 0 Å². The predicted octanol–water partition coefficient (Wildman–Crippen LogP) is 2.69. The second kappa shape index (κ2) is 4.28. The van der Waals surface area contributed by atoms with Gasteiger partial charge in [0.25, 0.3) is 0 Å². The first kappa shape index (κ1) is 8.46. The standard InChI is InChI=1S/C6H8N6/c7-11-9-5-3-1-2-4-6(5)10-12-8/h1,3,5-6H,2,4H2/t5-,6+/m0/s1. The minimum Gasteiger partial charge on any atom is -0.0899 e. The summed E-state index contributed by atoms with van der Waals surface area (Å²) < 4.78 is 0. The Hall–Kier alpha value is -1.64. The number of allylic oxidation sites excluding steroid dienone is 1. The van der Waals surface area contributed by atoms with Crippen LogP contribution in [0.25, 0.3) is 20.9 Å². The highest BCUT2D eigenvalue weighted by Crippen LogP contribution is 2.18. The predicted molar refractivity (Wildman–Crippen MR) is 44.2 cm³/mol. The first-order valence-corrected chi connectivity index (χ1v) is 3.63.